The Labute approximate surface area is 154 Å². The molecule has 1 aliphatic heterocycles. The Bertz CT molecular complexity index is 738. The average molecular weight is 355 g/mol. The van der Waals surface area contributed by atoms with E-state index in [2.05, 4.69) is 42.6 Å². The Morgan fingerprint density at radius 2 is 1.77 bits per heavy atom. The first kappa shape index (κ1) is 17.7. The first-order chi connectivity index (χ1) is 12.6. The lowest BCUT2D eigenvalue weighted by atomic mass is 9.83. The smallest absolute Gasteiger partial charge is 0.139 e. The molecule has 4 heteroatoms. The van der Waals surface area contributed by atoms with Crippen LogP contribution in [0.5, 0.6) is 0 Å². The average Bonchev–Trinajstić information content (AvgIpc) is 3.10. The number of ether oxygens (including phenoxy) is 2. The van der Waals surface area contributed by atoms with Crippen molar-refractivity contribution in [3.8, 4) is 0 Å². The van der Waals surface area contributed by atoms with Crippen LogP contribution in [0.15, 0.2) is 48.5 Å². The van der Waals surface area contributed by atoms with Crippen LogP contribution in [0.1, 0.15) is 47.6 Å². The summed E-state index contributed by atoms with van der Waals surface area (Å²) in [5, 5.41) is 2.92. The summed E-state index contributed by atoms with van der Waals surface area (Å²) >= 11 is 0. The standard InChI is InChI=1S/C22H26FNO2/c1-22(25-3)17-10-6-4-8-14(17)16-12-20(19(23)13-24-2)26-21(16)15-9-5-7-11-18(15)22/h4-11,16,19-21,24H,12-13H2,1-3H3. The maximum atomic E-state index is 14.6. The Morgan fingerprint density at radius 3 is 2.42 bits per heavy atom. The van der Waals surface area contributed by atoms with Gasteiger partial charge in [0.05, 0.1) is 12.2 Å². The molecule has 0 bridgehead atoms. The SMILES string of the molecule is CNCC(F)C1CC2c3ccccc3C(C)(OC)c3ccccc3C2O1. The van der Waals surface area contributed by atoms with Crippen molar-refractivity contribution in [2.45, 2.75) is 43.2 Å². The van der Waals surface area contributed by atoms with Crippen molar-refractivity contribution in [3.05, 3.63) is 70.8 Å². The van der Waals surface area contributed by atoms with Crippen molar-refractivity contribution < 1.29 is 13.9 Å². The van der Waals surface area contributed by atoms with E-state index in [-0.39, 0.29) is 12.0 Å². The number of alkyl halides is 1. The molecule has 1 saturated heterocycles. The molecule has 26 heavy (non-hydrogen) atoms. The highest BCUT2D eigenvalue weighted by Crippen LogP contribution is 2.54. The van der Waals surface area contributed by atoms with Crippen LogP contribution in [-0.2, 0) is 15.1 Å². The van der Waals surface area contributed by atoms with Gasteiger partial charge in [0, 0.05) is 19.6 Å². The molecule has 0 radical (unpaired) electrons. The molecule has 5 atom stereocenters. The van der Waals surface area contributed by atoms with Gasteiger partial charge in [-0.2, -0.15) is 0 Å². The molecule has 3 nitrogen and oxygen atoms in total. The molecule has 0 amide bonds. The van der Waals surface area contributed by atoms with E-state index in [0.29, 0.717) is 13.0 Å². The van der Waals surface area contributed by atoms with Gasteiger partial charge >= 0.3 is 0 Å². The van der Waals surface area contributed by atoms with Crippen LogP contribution in [0.4, 0.5) is 4.39 Å². The van der Waals surface area contributed by atoms with Crippen LogP contribution in [-0.4, -0.2) is 33.0 Å². The molecule has 1 heterocycles. The van der Waals surface area contributed by atoms with Gasteiger partial charge in [-0.05, 0) is 42.6 Å². The van der Waals surface area contributed by atoms with E-state index in [0.717, 1.165) is 16.7 Å². The summed E-state index contributed by atoms with van der Waals surface area (Å²) in [5.74, 6) is 0.129. The summed E-state index contributed by atoms with van der Waals surface area (Å²) in [4.78, 5) is 0. The van der Waals surface area contributed by atoms with Crippen molar-refractivity contribution in [1.29, 1.82) is 0 Å². The van der Waals surface area contributed by atoms with E-state index in [1.54, 1.807) is 14.2 Å². The fourth-order valence-corrected chi connectivity index (χ4v) is 4.65. The lowest BCUT2D eigenvalue weighted by Crippen LogP contribution is -2.32. The molecule has 4 rings (SSSR count). The number of nitrogens with one attached hydrogen (secondary N) is 1. The van der Waals surface area contributed by atoms with E-state index < -0.39 is 17.9 Å². The monoisotopic (exact) mass is 355 g/mol. The molecular formula is C22H26FNO2. The number of fused-ring (bicyclic) bond motifs is 5. The van der Waals surface area contributed by atoms with Crippen molar-refractivity contribution in [2.75, 3.05) is 20.7 Å². The third-order valence-corrected chi connectivity index (χ3v) is 6.04. The van der Waals surface area contributed by atoms with Gasteiger partial charge in [0.25, 0.3) is 0 Å². The fourth-order valence-electron chi connectivity index (χ4n) is 4.65. The quantitative estimate of drug-likeness (QED) is 0.896. The summed E-state index contributed by atoms with van der Waals surface area (Å²) in [7, 11) is 3.52. The second-order valence-corrected chi connectivity index (χ2v) is 7.42. The normalized spacial score (nSPS) is 30.8. The number of benzene rings is 2. The lowest BCUT2D eigenvalue weighted by molar-refractivity contribution is -0.00636. The fraction of sp³-hybridized carbons (Fsp3) is 0.455. The van der Waals surface area contributed by atoms with Crippen LogP contribution in [0, 0.1) is 0 Å². The van der Waals surface area contributed by atoms with Gasteiger partial charge in [0.1, 0.15) is 11.8 Å². The molecule has 2 aliphatic rings. The molecule has 2 aromatic rings. The maximum Gasteiger partial charge on any atom is 0.139 e. The zero-order valence-electron chi connectivity index (χ0n) is 15.5. The molecule has 0 saturated carbocycles. The molecule has 0 spiro atoms. The number of rotatable bonds is 4. The van der Waals surface area contributed by atoms with Gasteiger partial charge in [-0.3, -0.25) is 0 Å². The van der Waals surface area contributed by atoms with Crippen molar-refractivity contribution in [3.63, 3.8) is 0 Å². The van der Waals surface area contributed by atoms with E-state index in [1.165, 1.54) is 5.56 Å². The van der Waals surface area contributed by atoms with E-state index in [1.807, 2.05) is 18.2 Å². The summed E-state index contributed by atoms with van der Waals surface area (Å²) < 4.78 is 27.0. The number of hydrogen-bond donors (Lipinski definition) is 1. The van der Waals surface area contributed by atoms with Gasteiger partial charge in [0.2, 0.25) is 0 Å². The largest absolute Gasteiger partial charge is 0.369 e. The number of hydrogen-bond acceptors (Lipinski definition) is 3. The van der Waals surface area contributed by atoms with Gasteiger partial charge in [0.15, 0.2) is 0 Å². The molecular weight excluding hydrogens is 329 g/mol. The molecule has 5 unspecified atom stereocenters. The van der Waals surface area contributed by atoms with Gasteiger partial charge in [-0.25, -0.2) is 4.39 Å². The van der Waals surface area contributed by atoms with Crippen LogP contribution in [0.3, 0.4) is 0 Å². The topological polar surface area (TPSA) is 30.5 Å². The molecule has 1 aliphatic carbocycles. The highest BCUT2D eigenvalue weighted by Gasteiger charge is 2.48. The number of methoxy groups -OCH3 is 1. The third-order valence-electron chi connectivity index (χ3n) is 6.04. The zero-order chi connectivity index (χ0) is 18.3. The predicted molar refractivity (Wildman–Crippen MR) is 100 cm³/mol. The lowest BCUT2D eigenvalue weighted by Gasteiger charge is -2.32. The number of halogens is 1. The third kappa shape index (κ3) is 2.59. The second kappa shape index (κ2) is 6.76. The van der Waals surface area contributed by atoms with E-state index in [9.17, 15) is 4.39 Å². The highest BCUT2D eigenvalue weighted by molar-refractivity contribution is 5.50. The van der Waals surface area contributed by atoms with Crippen LogP contribution < -0.4 is 5.32 Å². The predicted octanol–water partition coefficient (Wildman–Crippen LogP) is 4.08. The van der Waals surface area contributed by atoms with Crippen molar-refractivity contribution in [2.24, 2.45) is 0 Å². The Kier molecular flexibility index (Phi) is 4.59. The Hall–Kier alpha value is -1.75. The molecule has 2 aromatic carbocycles. The maximum absolute atomic E-state index is 14.6. The summed E-state index contributed by atoms with van der Waals surface area (Å²) in [6.07, 6.45) is -0.881. The van der Waals surface area contributed by atoms with Gasteiger partial charge in [-0.1, -0.05) is 48.5 Å². The van der Waals surface area contributed by atoms with Crippen LogP contribution in [0.25, 0.3) is 0 Å². The molecule has 1 N–H and O–H groups in total. The van der Waals surface area contributed by atoms with Crippen LogP contribution in [0.2, 0.25) is 0 Å². The summed E-state index contributed by atoms with van der Waals surface area (Å²) in [6, 6.07) is 16.6. The minimum atomic E-state index is -1.01. The zero-order valence-corrected chi connectivity index (χ0v) is 15.5. The first-order valence-electron chi connectivity index (χ1n) is 9.28. The minimum absolute atomic E-state index is 0.129. The highest BCUT2D eigenvalue weighted by atomic mass is 19.1. The Balaban J connectivity index is 1.87. The van der Waals surface area contributed by atoms with Crippen molar-refractivity contribution >= 4 is 0 Å². The minimum Gasteiger partial charge on any atom is -0.369 e. The van der Waals surface area contributed by atoms with Gasteiger partial charge < -0.3 is 14.8 Å². The molecule has 138 valence electrons. The summed E-state index contributed by atoms with van der Waals surface area (Å²) in [5.41, 5.74) is 4.02. The van der Waals surface area contributed by atoms with E-state index in [4.69, 9.17) is 9.47 Å². The molecule has 0 aromatic heterocycles. The van der Waals surface area contributed by atoms with Crippen molar-refractivity contribution in [1.82, 2.24) is 5.32 Å². The van der Waals surface area contributed by atoms with E-state index >= 15 is 0 Å². The summed E-state index contributed by atoms with van der Waals surface area (Å²) in [6.45, 7) is 2.42. The van der Waals surface area contributed by atoms with Crippen LogP contribution >= 0.6 is 0 Å². The first-order valence-corrected chi connectivity index (χ1v) is 9.28. The van der Waals surface area contributed by atoms with Gasteiger partial charge in [-0.15, -0.1) is 0 Å². The molecule has 1 fully saturated rings. The second-order valence-electron chi connectivity index (χ2n) is 7.42. The Morgan fingerprint density at radius 1 is 1.15 bits per heavy atom.